The van der Waals surface area contributed by atoms with Crippen LogP contribution >= 0.6 is 0 Å². The van der Waals surface area contributed by atoms with Crippen molar-refractivity contribution in [2.45, 2.75) is 13.3 Å². The van der Waals surface area contributed by atoms with E-state index in [4.69, 9.17) is 5.73 Å². The molecule has 2 aromatic rings. The Morgan fingerprint density at radius 2 is 2.06 bits per heavy atom. The molecule has 0 amide bonds. The first-order valence-corrected chi connectivity index (χ1v) is 6.01. The Morgan fingerprint density at radius 1 is 1.22 bits per heavy atom. The topological polar surface area (TPSA) is 55.0 Å². The summed E-state index contributed by atoms with van der Waals surface area (Å²) in [5.74, 6) is 0.942. The van der Waals surface area contributed by atoms with Crippen molar-refractivity contribution >= 4 is 11.5 Å². The van der Waals surface area contributed by atoms with E-state index in [1.165, 1.54) is 0 Å². The third-order valence-electron chi connectivity index (χ3n) is 2.93. The smallest absolute Gasteiger partial charge is 0.128 e. The molecule has 0 aromatic carbocycles. The second-order valence-electron chi connectivity index (χ2n) is 4.34. The minimum atomic E-state index is 0.733. The minimum absolute atomic E-state index is 0.733. The first-order valence-electron chi connectivity index (χ1n) is 6.01. The molecule has 2 aromatic heterocycles. The Bertz CT molecular complexity index is 510. The molecule has 0 unspecified atom stereocenters. The van der Waals surface area contributed by atoms with E-state index in [0.717, 1.165) is 35.9 Å². The number of aryl methyl sites for hydroxylation is 1. The normalized spacial score (nSPS) is 10.3. The number of rotatable bonds is 4. The zero-order valence-corrected chi connectivity index (χ0v) is 10.8. The highest BCUT2D eigenvalue weighted by atomic mass is 15.2. The fourth-order valence-corrected chi connectivity index (χ4v) is 1.71. The molecule has 2 N–H and O–H groups in total. The summed E-state index contributed by atoms with van der Waals surface area (Å²) in [6.07, 6.45) is 2.73. The maximum Gasteiger partial charge on any atom is 0.128 e. The van der Waals surface area contributed by atoms with Gasteiger partial charge in [0, 0.05) is 31.9 Å². The lowest BCUT2D eigenvalue weighted by molar-refractivity contribution is 0.837. The standard InChI is InChI=1S/C14H18N4/c1-11-13(15)6-7-14(17-11)18(2)10-8-12-5-3-4-9-16-12/h3-7,9H,8,10,15H2,1-2H3. The number of aromatic nitrogens is 2. The van der Waals surface area contributed by atoms with E-state index in [1.807, 2.05) is 50.5 Å². The molecule has 0 saturated carbocycles. The van der Waals surface area contributed by atoms with Gasteiger partial charge in [-0.2, -0.15) is 0 Å². The number of pyridine rings is 2. The summed E-state index contributed by atoms with van der Waals surface area (Å²) in [5, 5.41) is 0. The van der Waals surface area contributed by atoms with Crippen LogP contribution in [0.4, 0.5) is 11.5 Å². The van der Waals surface area contributed by atoms with Crippen LogP contribution in [0.25, 0.3) is 0 Å². The Morgan fingerprint density at radius 3 is 2.72 bits per heavy atom. The third kappa shape index (κ3) is 2.97. The highest BCUT2D eigenvalue weighted by molar-refractivity contribution is 5.50. The molecule has 0 saturated heterocycles. The van der Waals surface area contributed by atoms with E-state index in [0.29, 0.717) is 0 Å². The quantitative estimate of drug-likeness (QED) is 0.891. The van der Waals surface area contributed by atoms with Crippen LogP contribution in [0, 0.1) is 6.92 Å². The van der Waals surface area contributed by atoms with Crippen LogP contribution in [0.5, 0.6) is 0 Å². The van der Waals surface area contributed by atoms with Gasteiger partial charge in [0.25, 0.3) is 0 Å². The Balaban J connectivity index is 1.99. The molecular weight excluding hydrogens is 224 g/mol. The molecule has 4 heteroatoms. The molecule has 4 nitrogen and oxygen atoms in total. The number of nitrogens with zero attached hydrogens (tertiary/aromatic N) is 3. The third-order valence-corrected chi connectivity index (χ3v) is 2.93. The van der Waals surface area contributed by atoms with Crippen LogP contribution in [0.2, 0.25) is 0 Å². The van der Waals surface area contributed by atoms with E-state index in [1.54, 1.807) is 0 Å². The van der Waals surface area contributed by atoms with Gasteiger partial charge in [0.15, 0.2) is 0 Å². The van der Waals surface area contributed by atoms with Gasteiger partial charge < -0.3 is 10.6 Å². The average molecular weight is 242 g/mol. The first kappa shape index (κ1) is 12.4. The number of nitrogens with two attached hydrogens (primary N) is 1. The molecule has 0 atom stereocenters. The van der Waals surface area contributed by atoms with Gasteiger partial charge in [-0.15, -0.1) is 0 Å². The molecular formula is C14H18N4. The van der Waals surface area contributed by atoms with Crippen molar-refractivity contribution in [3.63, 3.8) is 0 Å². The summed E-state index contributed by atoms with van der Waals surface area (Å²) in [5.41, 5.74) is 8.46. The van der Waals surface area contributed by atoms with Gasteiger partial charge >= 0.3 is 0 Å². The first-order chi connectivity index (χ1) is 8.66. The molecule has 0 fully saturated rings. The summed E-state index contributed by atoms with van der Waals surface area (Å²) < 4.78 is 0. The van der Waals surface area contributed by atoms with Gasteiger partial charge in [0.2, 0.25) is 0 Å². The highest BCUT2D eigenvalue weighted by Crippen LogP contribution is 2.15. The summed E-state index contributed by atoms with van der Waals surface area (Å²) >= 11 is 0. The van der Waals surface area contributed by atoms with Crippen LogP contribution in [0.3, 0.4) is 0 Å². The molecule has 0 aliphatic carbocycles. The van der Waals surface area contributed by atoms with Gasteiger partial charge in [0.05, 0.1) is 11.4 Å². The molecule has 94 valence electrons. The molecule has 0 bridgehead atoms. The molecule has 0 aliphatic heterocycles. The maximum absolute atomic E-state index is 5.76. The zero-order chi connectivity index (χ0) is 13.0. The van der Waals surface area contributed by atoms with E-state index in [9.17, 15) is 0 Å². The monoisotopic (exact) mass is 242 g/mol. The van der Waals surface area contributed by atoms with E-state index < -0.39 is 0 Å². The average Bonchev–Trinajstić information content (AvgIpc) is 2.40. The Kier molecular flexibility index (Phi) is 3.77. The fourth-order valence-electron chi connectivity index (χ4n) is 1.71. The van der Waals surface area contributed by atoms with Crippen LogP contribution < -0.4 is 10.6 Å². The van der Waals surface area contributed by atoms with Crippen molar-refractivity contribution in [1.29, 1.82) is 0 Å². The number of likely N-dealkylation sites (N-methyl/N-ethyl adjacent to an activating group) is 1. The second-order valence-corrected chi connectivity index (χ2v) is 4.34. The summed E-state index contributed by atoms with van der Waals surface area (Å²) in [4.78, 5) is 10.9. The van der Waals surface area contributed by atoms with Crippen molar-refractivity contribution in [3.05, 3.63) is 47.9 Å². The number of hydrogen-bond acceptors (Lipinski definition) is 4. The predicted octanol–water partition coefficient (Wildman–Crippen LogP) is 2.05. The van der Waals surface area contributed by atoms with Crippen LogP contribution in [-0.2, 0) is 6.42 Å². The van der Waals surface area contributed by atoms with Crippen molar-refractivity contribution in [2.24, 2.45) is 0 Å². The lowest BCUT2D eigenvalue weighted by Crippen LogP contribution is -2.22. The summed E-state index contributed by atoms with van der Waals surface area (Å²) in [6.45, 7) is 2.80. The highest BCUT2D eigenvalue weighted by Gasteiger charge is 2.04. The largest absolute Gasteiger partial charge is 0.397 e. The molecule has 0 aliphatic rings. The van der Waals surface area contributed by atoms with Crippen LogP contribution in [0.1, 0.15) is 11.4 Å². The van der Waals surface area contributed by atoms with E-state index in [2.05, 4.69) is 14.9 Å². The summed E-state index contributed by atoms with van der Waals surface area (Å²) in [6, 6.07) is 9.82. The van der Waals surface area contributed by atoms with Crippen molar-refractivity contribution in [3.8, 4) is 0 Å². The van der Waals surface area contributed by atoms with Gasteiger partial charge in [-0.1, -0.05) is 6.07 Å². The lowest BCUT2D eigenvalue weighted by Gasteiger charge is -2.18. The summed E-state index contributed by atoms with van der Waals surface area (Å²) in [7, 11) is 2.03. The molecule has 2 rings (SSSR count). The minimum Gasteiger partial charge on any atom is -0.397 e. The fraction of sp³-hybridized carbons (Fsp3) is 0.286. The van der Waals surface area contributed by atoms with Crippen LogP contribution in [-0.4, -0.2) is 23.6 Å². The van der Waals surface area contributed by atoms with Crippen molar-refractivity contribution in [1.82, 2.24) is 9.97 Å². The zero-order valence-electron chi connectivity index (χ0n) is 10.8. The van der Waals surface area contributed by atoms with E-state index in [-0.39, 0.29) is 0 Å². The predicted molar refractivity (Wildman–Crippen MR) is 74.6 cm³/mol. The van der Waals surface area contributed by atoms with Gasteiger partial charge in [-0.25, -0.2) is 4.98 Å². The molecule has 18 heavy (non-hydrogen) atoms. The second kappa shape index (κ2) is 5.49. The SMILES string of the molecule is Cc1nc(N(C)CCc2ccccn2)ccc1N. The molecule has 0 spiro atoms. The van der Waals surface area contributed by atoms with Gasteiger partial charge in [-0.05, 0) is 31.2 Å². The number of nitrogen functional groups attached to an aromatic ring is 1. The molecule has 2 heterocycles. The Labute approximate surface area is 107 Å². The maximum atomic E-state index is 5.76. The van der Waals surface area contributed by atoms with Crippen molar-refractivity contribution in [2.75, 3.05) is 24.2 Å². The Hall–Kier alpha value is -2.10. The van der Waals surface area contributed by atoms with E-state index >= 15 is 0 Å². The lowest BCUT2D eigenvalue weighted by atomic mass is 10.2. The van der Waals surface area contributed by atoms with Gasteiger partial charge in [0.1, 0.15) is 5.82 Å². The van der Waals surface area contributed by atoms with Crippen LogP contribution in [0.15, 0.2) is 36.5 Å². The number of anilines is 2. The van der Waals surface area contributed by atoms with Crippen molar-refractivity contribution < 1.29 is 0 Å². The van der Waals surface area contributed by atoms with Gasteiger partial charge in [-0.3, -0.25) is 4.98 Å². The molecule has 0 radical (unpaired) electrons. The number of hydrogen-bond donors (Lipinski definition) is 1.